The highest BCUT2D eigenvalue weighted by Crippen LogP contribution is 2.16. The summed E-state index contributed by atoms with van der Waals surface area (Å²) in [6, 6.07) is 6.65. The Labute approximate surface area is 103 Å². The van der Waals surface area contributed by atoms with Crippen LogP contribution in [0.1, 0.15) is 36.0 Å². The molecule has 1 aliphatic rings. The van der Waals surface area contributed by atoms with Gasteiger partial charge in [-0.1, -0.05) is 18.2 Å². The molecule has 1 aliphatic heterocycles. The molecule has 1 aromatic carbocycles. The predicted molar refractivity (Wildman–Crippen MR) is 70.3 cm³/mol. The fourth-order valence-electron chi connectivity index (χ4n) is 2.60. The number of ketones is 1. The first-order chi connectivity index (χ1) is 8.16. The first-order valence-electron chi connectivity index (χ1n) is 6.47. The van der Waals surface area contributed by atoms with E-state index in [9.17, 15) is 4.79 Å². The molecule has 0 aliphatic carbocycles. The Morgan fingerprint density at radius 2 is 2.06 bits per heavy atom. The summed E-state index contributed by atoms with van der Waals surface area (Å²) in [5.41, 5.74) is 3.69. The maximum atomic E-state index is 12.0. The van der Waals surface area contributed by atoms with Crippen molar-refractivity contribution in [2.75, 3.05) is 6.54 Å². The molecule has 0 saturated carbocycles. The molecule has 2 heteroatoms. The highest BCUT2D eigenvalue weighted by molar-refractivity contribution is 5.82. The molecule has 2 rings (SSSR count). The quantitative estimate of drug-likeness (QED) is 0.863. The fourth-order valence-corrected chi connectivity index (χ4v) is 2.60. The van der Waals surface area contributed by atoms with Gasteiger partial charge in [0.1, 0.15) is 5.78 Å². The number of rotatable bonds is 4. The fraction of sp³-hybridized carbons (Fsp3) is 0.533. The summed E-state index contributed by atoms with van der Waals surface area (Å²) >= 11 is 0. The summed E-state index contributed by atoms with van der Waals surface area (Å²) in [5, 5.41) is 3.38. The van der Waals surface area contributed by atoms with Crippen molar-refractivity contribution >= 4 is 5.78 Å². The van der Waals surface area contributed by atoms with E-state index in [-0.39, 0.29) is 0 Å². The van der Waals surface area contributed by atoms with E-state index in [0.29, 0.717) is 24.7 Å². The van der Waals surface area contributed by atoms with Crippen LogP contribution in [0.15, 0.2) is 18.2 Å². The third kappa shape index (κ3) is 3.16. The Balaban J connectivity index is 1.97. The maximum Gasteiger partial charge on any atom is 0.138 e. The van der Waals surface area contributed by atoms with Crippen LogP contribution in [0.3, 0.4) is 0 Å². The molecule has 1 N–H and O–H groups in total. The number of carbonyl (C=O) groups excluding carboxylic acids is 1. The number of aryl methyl sites for hydroxylation is 2. The Kier molecular flexibility index (Phi) is 3.95. The summed E-state index contributed by atoms with van der Waals surface area (Å²) in [5.74, 6) is 0.363. The van der Waals surface area contributed by atoms with Crippen LogP contribution in [0.25, 0.3) is 0 Å². The van der Waals surface area contributed by atoms with Gasteiger partial charge in [0.15, 0.2) is 0 Å². The second-order valence-corrected chi connectivity index (χ2v) is 5.08. The van der Waals surface area contributed by atoms with Gasteiger partial charge in [-0.25, -0.2) is 0 Å². The van der Waals surface area contributed by atoms with Crippen LogP contribution >= 0.6 is 0 Å². The summed E-state index contributed by atoms with van der Waals surface area (Å²) in [7, 11) is 0. The van der Waals surface area contributed by atoms with Gasteiger partial charge < -0.3 is 5.32 Å². The van der Waals surface area contributed by atoms with Gasteiger partial charge in [-0.15, -0.1) is 0 Å². The van der Waals surface area contributed by atoms with Crippen molar-refractivity contribution in [2.24, 2.45) is 0 Å². The van der Waals surface area contributed by atoms with Gasteiger partial charge in [0.25, 0.3) is 0 Å². The SMILES string of the molecule is Cc1cccc(C)c1CC(=O)CC1CCCN1. The molecule has 17 heavy (non-hydrogen) atoms. The zero-order chi connectivity index (χ0) is 12.3. The number of carbonyl (C=O) groups is 1. The summed E-state index contributed by atoms with van der Waals surface area (Å²) < 4.78 is 0. The largest absolute Gasteiger partial charge is 0.314 e. The molecule has 1 fully saturated rings. The average Bonchev–Trinajstić information content (AvgIpc) is 2.76. The Morgan fingerprint density at radius 3 is 2.65 bits per heavy atom. The standard InChI is InChI=1S/C15H21NO/c1-11-5-3-6-12(2)15(11)10-14(17)9-13-7-4-8-16-13/h3,5-6,13,16H,4,7-10H2,1-2H3. The zero-order valence-electron chi connectivity index (χ0n) is 10.8. The minimum Gasteiger partial charge on any atom is -0.314 e. The van der Waals surface area contributed by atoms with Gasteiger partial charge in [-0.2, -0.15) is 0 Å². The van der Waals surface area contributed by atoms with Crippen LogP contribution in [-0.2, 0) is 11.2 Å². The number of hydrogen-bond acceptors (Lipinski definition) is 2. The van der Waals surface area contributed by atoms with Crippen molar-refractivity contribution < 1.29 is 4.79 Å². The number of hydrogen-bond donors (Lipinski definition) is 1. The summed E-state index contributed by atoms with van der Waals surface area (Å²) in [6.45, 7) is 5.24. The minimum absolute atomic E-state index is 0.363. The first-order valence-corrected chi connectivity index (χ1v) is 6.47. The van der Waals surface area contributed by atoms with Gasteiger partial charge in [0.2, 0.25) is 0 Å². The summed E-state index contributed by atoms with van der Waals surface area (Å²) in [6.07, 6.45) is 3.64. The number of benzene rings is 1. The highest BCUT2D eigenvalue weighted by Gasteiger charge is 2.18. The third-order valence-electron chi connectivity index (χ3n) is 3.65. The second-order valence-electron chi connectivity index (χ2n) is 5.08. The van der Waals surface area contributed by atoms with E-state index in [2.05, 4.69) is 37.4 Å². The van der Waals surface area contributed by atoms with E-state index >= 15 is 0 Å². The topological polar surface area (TPSA) is 29.1 Å². The van der Waals surface area contributed by atoms with Crippen LogP contribution in [0, 0.1) is 13.8 Å². The maximum absolute atomic E-state index is 12.0. The normalized spacial score (nSPS) is 19.5. The Hall–Kier alpha value is -1.15. The number of Topliss-reactive ketones (excluding diaryl/α,β-unsaturated/α-hetero) is 1. The molecular weight excluding hydrogens is 210 g/mol. The van der Waals surface area contributed by atoms with E-state index < -0.39 is 0 Å². The minimum atomic E-state index is 0.363. The number of nitrogens with one attached hydrogen (secondary N) is 1. The predicted octanol–water partition coefficient (Wildman–Crippen LogP) is 2.56. The van der Waals surface area contributed by atoms with Crippen molar-refractivity contribution in [3.63, 3.8) is 0 Å². The van der Waals surface area contributed by atoms with Crippen molar-refractivity contribution in [2.45, 2.75) is 45.6 Å². The molecule has 1 heterocycles. The lowest BCUT2D eigenvalue weighted by molar-refractivity contribution is -0.118. The van der Waals surface area contributed by atoms with Gasteiger partial charge in [0, 0.05) is 18.9 Å². The van der Waals surface area contributed by atoms with E-state index in [1.807, 2.05) is 0 Å². The lowest BCUT2D eigenvalue weighted by Gasteiger charge is -2.12. The van der Waals surface area contributed by atoms with Gasteiger partial charge in [-0.3, -0.25) is 4.79 Å². The smallest absolute Gasteiger partial charge is 0.138 e. The molecule has 0 amide bonds. The molecule has 1 aromatic rings. The molecule has 1 atom stereocenters. The zero-order valence-corrected chi connectivity index (χ0v) is 10.8. The van der Waals surface area contributed by atoms with E-state index in [1.54, 1.807) is 0 Å². The average molecular weight is 231 g/mol. The molecule has 0 aromatic heterocycles. The van der Waals surface area contributed by atoms with Crippen molar-refractivity contribution in [1.29, 1.82) is 0 Å². The molecule has 1 saturated heterocycles. The second kappa shape index (κ2) is 5.46. The van der Waals surface area contributed by atoms with Gasteiger partial charge >= 0.3 is 0 Å². The Bertz CT molecular complexity index is 385. The van der Waals surface area contributed by atoms with Crippen LogP contribution in [0.5, 0.6) is 0 Å². The van der Waals surface area contributed by atoms with Crippen LogP contribution in [0.2, 0.25) is 0 Å². The molecule has 1 unspecified atom stereocenters. The Morgan fingerprint density at radius 1 is 1.35 bits per heavy atom. The molecule has 0 bridgehead atoms. The van der Waals surface area contributed by atoms with Crippen molar-refractivity contribution in [3.05, 3.63) is 34.9 Å². The van der Waals surface area contributed by atoms with Gasteiger partial charge in [-0.05, 0) is 49.9 Å². The van der Waals surface area contributed by atoms with Gasteiger partial charge in [0.05, 0.1) is 0 Å². The van der Waals surface area contributed by atoms with Crippen molar-refractivity contribution in [1.82, 2.24) is 5.32 Å². The molecule has 0 radical (unpaired) electrons. The van der Waals surface area contributed by atoms with E-state index in [0.717, 1.165) is 13.0 Å². The van der Waals surface area contributed by atoms with Crippen LogP contribution < -0.4 is 5.32 Å². The molecule has 2 nitrogen and oxygen atoms in total. The lowest BCUT2D eigenvalue weighted by Crippen LogP contribution is -2.25. The monoisotopic (exact) mass is 231 g/mol. The molecular formula is C15H21NO. The first kappa shape index (κ1) is 12.3. The van der Waals surface area contributed by atoms with E-state index in [4.69, 9.17) is 0 Å². The highest BCUT2D eigenvalue weighted by atomic mass is 16.1. The van der Waals surface area contributed by atoms with Crippen LogP contribution in [-0.4, -0.2) is 18.4 Å². The summed E-state index contributed by atoms with van der Waals surface area (Å²) in [4.78, 5) is 12.0. The van der Waals surface area contributed by atoms with E-state index in [1.165, 1.54) is 23.1 Å². The van der Waals surface area contributed by atoms with Crippen molar-refractivity contribution in [3.8, 4) is 0 Å². The third-order valence-corrected chi connectivity index (χ3v) is 3.65. The molecule has 92 valence electrons. The van der Waals surface area contributed by atoms with Crippen LogP contribution in [0.4, 0.5) is 0 Å². The molecule has 0 spiro atoms. The lowest BCUT2D eigenvalue weighted by atomic mass is 9.95.